The van der Waals surface area contributed by atoms with Crippen LogP contribution < -0.4 is 9.73 Å². The van der Waals surface area contributed by atoms with Crippen LogP contribution in [-0.2, 0) is 14.8 Å². The molecule has 4 aromatic rings. The van der Waals surface area contributed by atoms with Crippen LogP contribution in [0.4, 0.5) is 5.69 Å². The van der Waals surface area contributed by atoms with Gasteiger partial charge in [0.2, 0.25) is 0 Å². The number of nitrogens with one attached hydrogen (secondary N) is 1. The molecule has 0 bridgehead atoms. The standard InChI is InChI=1S/C25H20BrN3O3S/c26-21-11-7-12-22(16-21)29(33(31,32)23-13-2-1-3-14-23)18-25(30)28-27-17-20-10-6-9-19-8-4-5-15-24(19)20/h1-17H,18H2,(H,28,30)/b27-17-. The molecular formula is C25H20BrN3O3S. The van der Waals surface area contributed by atoms with E-state index in [1.165, 1.54) is 12.1 Å². The molecule has 4 rings (SSSR count). The highest BCUT2D eigenvalue weighted by atomic mass is 79.9. The Bertz CT molecular complexity index is 1420. The van der Waals surface area contributed by atoms with E-state index in [4.69, 9.17) is 0 Å². The summed E-state index contributed by atoms with van der Waals surface area (Å²) in [5, 5.41) is 6.11. The molecule has 0 atom stereocenters. The Morgan fingerprint density at radius 1 is 0.909 bits per heavy atom. The molecule has 0 radical (unpaired) electrons. The molecule has 6 nitrogen and oxygen atoms in total. The maximum Gasteiger partial charge on any atom is 0.264 e. The molecule has 4 aromatic carbocycles. The molecule has 0 saturated heterocycles. The third-order valence-corrected chi connectivity index (χ3v) is 7.21. The number of carbonyl (C=O) groups excluding carboxylic acids is 1. The van der Waals surface area contributed by atoms with Crippen molar-refractivity contribution in [2.24, 2.45) is 5.10 Å². The second kappa shape index (κ2) is 9.97. The van der Waals surface area contributed by atoms with Crippen molar-refractivity contribution < 1.29 is 13.2 Å². The SMILES string of the molecule is O=C(CN(c1cccc(Br)c1)S(=O)(=O)c1ccccc1)N/N=C\c1cccc2ccccc12. The van der Waals surface area contributed by atoms with Crippen molar-refractivity contribution in [1.29, 1.82) is 0 Å². The molecule has 166 valence electrons. The summed E-state index contributed by atoms with van der Waals surface area (Å²) in [4.78, 5) is 12.8. The smallest absolute Gasteiger partial charge is 0.264 e. The van der Waals surface area contributed by atoms with E-state index in [1.54, 1.807) is 48.7 Å². The van der Waals surface area contributed by atoms with Crippen molar-refractivity contribution in [3.05, 3.63) is 107 Å². The van der Waals surface area contributed by atoms with Crippen LogP contribution in [0.3, 0.4) is 0 Å². The number of hydrogen-bond donors (Lipinski definition) is 1. The normalized spacial score (nSPS) is 11.5. The maximum atomic E-state index is 13.3. The summed E-state index contributed by atoms with van der Waals surface area (Å²) in [6.45, 7) is -0.430. The lowest BCUT2D eigenvalue weighted by molar-refractivity contribution is -0.119. The van der Waals surface area contributed by atoms with Crippen molar-refractivity contribution >= 4 is 54.5 Å². The van der Waals surface area contributed by atoms with Gasteiger partial charge < -0.3 is 0 Å². The summed E-state index contributed by atoms with van der Waals surface area (Å²) < 4.78 is 28.4. The summed E-state index contributed by atoms with van der Waals surface area (Å²) in [6.07, 6.45) is 1.55. The number of fused-ring (bicyclic) bond motifs is 1. The highest BCUT2D eigenvalue weighted by Crippen LogP contribution is 2.26. The molecule has 8 heteroatoms. The zero-order chi connectivity index (χ0) is 23.3. The Morgan fingerprint density at radius 3 is 2.39 bits per heavy atom. The molecule has 0 heterocycles. The number of anilines is 1. The quantitative estimate of drug-likeness (QED) is 0.276. The van der Waals surface area contributed by atoms with Crippen LogP contribution in [0.5, 0.6) is 0 Å². The molecule has 0 aliphatic rings. The largest absolute Gasteiger partial charge is 0.271 e. The van der Waals surface area contributed by atoms with Gasteiger partial charge in [-0.05, 0) is 41.1 Å². The van der Waals surface area contributed by atoms with E-state index in [-0.39, 0.29) is 4.90 Å². The van der Waals surface area contributed by atoms with E-state index >= 15 is 0 Å². The first kappa shape index (κ1) is 22.7. The van der Waals surface area contributed by atoms with Crippen molar-refractivity contribution in [3.8, 4) is 0 Å². The third-order valence-electron chi connectivity index (χ3n) is 4.93. The van der Waals surface area contributed by atoms with Crippen LogP contribution in [0.2, 0.25) is 0 Å². The van der Waals surface area contributed by atoms with Gasteiger partial charge >= 0.3 is 0 Å². The molecule has 1 N–H and O–H groups in total. The van der Waals surface area contributed by atoms with Gasteiger partial charge in [0.15, 0.2) is 0 Å². The Kier molecular flexibility index (Phi) is 6.86. The monoisotopic (exact) mass is 521 g/mol. The molecule has 0 aliphatic carbocycles. The van der Waals surface area contributed by atoms with Crippen LogP contribution in [0.15, 0.2) is 112 Å². The molecule has 0 fully saturated rings. The molecule has 0 aromatic heterocycles. The summed E-state index contributed by atoms with van der Waals surface area (Å²) in [7, 11) is -3.97. The number of hydrogen-bond acceptors (Lipinski definition) is 4. The first-order valence-electron chi connectivity index (χ1n) is 10.1. The number of halogens is 1. The fraction of sp³-hybridized carbons (Fsp3) is 0.0400. The minimum Gasteiger partial charge on any atom is -0.271 e. The van der Waals surface area contributed by atoms with Crippen molar-refractivity contribution in [3.63, 3.8) is 0 Å². The van der Waals surface area contributed by atoms with Crippen molar-refractivity contribution in [2.75, 3.05) is 10.8 Å². The minimum absolute atomic E-state index is 0.0945. The van der Waals surface area contributed by atoms with E-state index in [0.29, 0.717) is 10.2 Å². The van der Waals surface area contributed by atoms with Gasteiger partial charge in [-0.25, -0.2) is 13.8 Å². The highest BCUT2D eigenvalue weighted by Gasteiger charge is 2.27. The van der Waals surface area contributed by atoms with Crippen molar-refractivity contribution in [1.82, 2.24) is 5.43 Å². The summed E-state index contributed by atoms with van der Waals surface area (Å²) in [6, 6.07) is 28.4. The maximum absolute atomic E-state index is 13.3. The highest BCUT2D eigenvalue weighted by molar-refractivity contribution is 9.10. The van der Waals surface area contributed by atoms with Crippen LogP contribution in [0.1, 0.15) is 5.56 Å². The Morgan fingerprint density at radius 2 is 1.61 bits per heavy atom. The van der Waals surface area contributed by atoms with Gasteiger partial charge in [0, 0.05) is 10.0 Å². The lowest BCUT2D eigenvalue weighted by Crippen LogP contribution is -2.39. The van der Waals surface area contributed by atoms with E-state index < -0.39 is 22.5 Å². The summed E-state index contributed by atoms with van der Waals surface area (Å²) in [5.41, 5.74) is 3.65. The van der Waals surface area contributed by atoms with Gasteiger partial charge in [-0.2, -0.15) is 5.10 Å². The van der Waals surface area contributed by atoms with E-state index in [9.17, 15) is 13.2 Å². The van der Waals surface area contributed by atoms with Gasteiger partial charge in [-0.3, -0.25) is 9.10 Å². The van der Waals surface area contributed by atoms with Gasteiger partial charge in [-0.15, -0.1) is 0 Å². The number of carbonyl (C=O) groups is 1. The van der Waals surface area contributed by atoms with Crippen LogP contribution in [-0.4, -0.2) is 27.1 Å². The lowest BCUT2D eigenvalue weighted by atomic mass is 10.1. The van der Waals surface area contributed by atoms with Gasteiger partial charge in [0.1, 0.15) is 6.54 Å². The van der Waals surface area contributed by atoms with E-state index in [1.807, 2.05) is 42.5 Å². The number of benzene rings is 4. The van der Waals surface area contributed by atoms with Crippen LogP contribution in [0, 0.1) is 0 Å². The molecule has 0 spiro atoms. The number of rotatable bonds is 7. The van der Waals surface area contributed by atoms with Crippen molar-refractivity contribution in [2.45, 2.75) is 4.90 Å². The first-order chi connectivity index (χ1) is 15.9. The predicted octanol–water partition coefficient (Wildman–Crippen LogP) is 4.95. The van der Waals surface area contributed by atoms with Gasteiger partial charge in [-0.1, -0.05) is 82.7 Å². The molecule has 0 saturated carbocycles. The summed E-state index contributed by atoms with van der Waals surface area (Å²) in [5.74, 6) is -0.564. The number of hydrazone groups is 1. The van der Waals surface area contributed by atoms with Gasteiger partial charge in [0.05, 0.1) is 16.8 Å². The second-order valence-corrected chi connectivity index (χ2v) is 9.94. The molecule has 0 unspecified atom stereocenters. The molecule has 1 amide bonds. The minimum atomic E-state index is -3.97. The number of amides is 1. The van der Waals surface area contributed by atoms with Gasteiger partial charge in [0.25, 0.3) is 15.9 Å². The summed E-state index contributed by atoms with van der Waals surface area (Å²) >= 11 is 3.36. The number of sulfonamides is 1. The molecular weight excluding hydrogens is 502 g/mol. The zero-order valence-electron chi connectivity index (χ0n) is 17.4. The molecule has 0 aliphatic heterocycles. The number of nitrogens with zero attached hydrogens (tertiary/aromatic N) is 2. The van der Waals surface area contributed by atoms with Crippen LogP contribution in [0.25, 0.3) is 10.8 Å². The topological polar surface area (TPSA) is 78.8 Å². The average molecular weight is 522 g/mol. The van der Waals surface area contributed by atoms with E-state index in [0.717, 1.165) is 20.6 Å². The fourth-order valence-corrected chi connectivity index (χ4v) is 5.19. The Labute approximate surface area is 200 Å². The first-order valence-corrected chi connectivity index (χ1v) is 12.3. The lowest BCUT2D eigenvalue weighted by Gasteiger charge is -2.23. The van der Waals surface area contributed by atoms with Crippen LogP contribution >= 0.6 is 15.9 Å². The van der Waals surface area contributed by atoms with E-state index in [2.05, 4.69) is 26.5 Å². The fourth-order valence-electron chi connectivity index (χ4n) is 3.37. The Hall–Kier alpha value is -3.49. The zero-order valence-corrected chi connectivity index (χ0v) is 19.8. The Balaban J connectivity index is 1.57. The second-order valence-electron chi connectivity index (χ2n) is 7.17. The predicted molar refractivity (Wildman–Crippen MR) is 135 cm³/mol. The third kappa shape index (κ3) is 5.30. The average Bonchev–Trinajstić information content (AvgIpc) is 2.83. The molecule has 33 heavy (non-hydrogen) atoms.